The zero-order valence-electron chi connectivity index (χ0n) is 11.9. The van der Waals surface area contributed by atoms with Gasteiger partial charge in [-0.3, -0.25) is 10.1 Å². The number of nitro groups is 1. The Hall–Kier alpha value is -2.01. The molecule has 0 aliphatic carbocycles. The van der Waals surface area contributed by atoms with Crippen molar-refractivity contribution in [3.63, 3.8) is 0 Å². The van der Waals surface area contributed by atoms with Gasteiger partial charge in [0, 0.05) is 12.3 Å². The molecule has 4 nitrogen and oxygen atoms in total. The van der Waals surface area contributed by atoms with Crippen LogP contribution >= 0.6 is 11.8 Å². The van der Waals surface area contributed by atoms with Crippen molar-refractivity contribution in [2.24, 2.45) is 0 Å². The molecule has 0 heterocycles. The molecule has 0 radical (unpaired) electrons. The van der Waals surface area contributed by atoms with Crippen molar-refractivity contribution in [3.05, 3.63) is 64.2 Å². The molecule has 2 aromatic rings. The third-order valence-corrected chi connectivity index (χ3v) is 4.10. The fourth-order valence-corrected chi connectivity index (χ4v) is 2.98. The number of anilines is 1. The molecule has 110 valence electrons. The summed E-state index contributed by atoms with van der Waals surface area (Å²) in [7, 11) is 0. The minimum atomic E-state index is -0.300. The van der Waals surface area contributed by atoms with Crippen LogP contribution < -0.4 is 5.32 Å². The number of nitro benzene ring substituents is 1. The normalized spacial score (nSPS) is 10.3. The Morgan fingerprint density at radius 1 is 1.14 bits per heavy atom. The second-order valence-electron chi connectivity index (χ2n) is 4.61. The average Bonchev–Trinajstić information content (AvgIpc) is 2.51. The number of benzene rings is 2. The van der Waals surface area contributed by atoms with Crippen LogP contribution in [-0.2, 0) is 5.75 Å². The molecule has 0 amide bonds. The van der Waals surface area contributed by atoms with E-state index in [2.05, 4.69) is 5.32 Å². The van der Waals surface area contributed by atoms with Gasteiger partial charge in [-0.05, 0) is 24.1 Å². The Kier molecular flexibility index (Phi) is 5.63. The van der Waals surface area contributed by atoms with Gasteiger partial charge in [0.1, 0.15) is 5.69 Å². The van der Waals surface area contributed by atoms with Crippen molar-refractivity contribution in [1.29, 1.82) is 0 Å². The summed E-state index contributed by atoms with van der Waals surface area (Å²) in [4.78, 5) is 11.8. The molecule has 2 rings (SSSR count). The molecule has 5 heteroatoms. The lowest BCUT2D eigenvalue weighted by atomic mass is 10.2. The second kappa shape index (κ2) is 7.69. The molecule has 21 heavy (non-hydrogen) atoms. The van der Waals surface area contributed by atoms with Crippen molar-refractivity contribution < 1.29 is 4.92 Å². The molecular weight excluding hydrogens is 284 g/mol. The van der Waals surface area contributed by atoms with E-state index in [1.54, 1.807) is 6.07 Å². The maximum atomic E-state index is 11.4. The molecule has 1 N–H and O–H groups in total. The van der Waals surface area contributed by atoms with Gasteiger partial charge in [-0.1, -0.05) is 43.3 Å². The van der Waals surface area contributed by atoms with Crippen molar-refractivity contribution >= 4 is 23.1 Å². The van der Waals surface area contributed by atoms with Crippen molar-refractivity contribution in [3.8, 4) is 0 Å². The third-order valence-electron chi connectivity index (χ3n) is 2.98. The van der Waals surface area contributed by atoms with Crippen LogP contribution in [0.2, 0.25) is 0 Å². The van der Waals surface area contributed by atoms with Crippen molar-refractivity contribution in [2.45, 2.75) is 24.0 Å². The monoisotopic (exact) mass is 302 g/mol. The predicted octanol–water partition coefficient (Wildman–Crippen LogP) is 4.71. The van der Waals surface area contributed by atoms with Crippen molar-refractivity contribution in [2.75, 3.05) is 11.9 Å². The molecule has 0 spiro atoms. The van der Waals surface area contributed by atoms with Crippen LogP contribution in [0.1, 0.15) is 18.9 Å². The highest BCUT2D eigenvalue weighted by Crippen LogP contribution is 2.37. The van der Waals surface area contributed by atoms with E-state index in [1.165, 1.54) is 11.8 Å². The van der Waals surface area contributed by atoms with Crippen molar-refractivity contribution in [1.82, 2.24) is 0 Å². The number of thioether (sulfide) groups is 1. The molecule has 0 saturated carbocycles. The first-order valence-electron chi connectivity index (χ1n) is 6.90. The Labute approximate surface area is 128 Å². The van der Waals surface area contributed by atoms with Crippen LogP contribution in [-0.4, -0.2) is 11.5 Å². The van der Waals surface area contributed by atoms with Crippen LogP contribution in [0.25, 0.3) is 0 Å². The van der Waals surface area contributed by atoms with E-state index in [9.17, 15) is 10.1 Å². The van der Waals surface area contributed by atoms with Crippen LogP contribution in [0, 0.1) is 10.1 Å². The number of hydrogen-bond acceptors (Lipinski definition) is 4. The van der Waals surface area contributed by atoms with E-state index < -0.39 is 0 Å². The smallest absolute Gasteiger partial charge is 0.305 e. The predicted molar refractivity (Wildman–Crippen MR) is 87.9 cm³/mol. The summed E-state index contributed by atoms with van der Waals surface area (Å²) < 4.78 is 0. The molecule has 0 fully saturated rings. The van der Waals surface area contributed by atoms with Gasteiger partial charge < -0.3 is 5.32 Å². The van der Waals surface area contributed by atoms with E-state index in [-0.39, 0.29) is 10.6 Å². The lowest BCUT2D eigenvalue weighted by Crippen LogP contribution is -2.04. The highest BCUT2D eigenvalue weighted by molar-refractivity contribution is 7.98. The summed E-state index contributed by atoms with van der Waals surface area (Å²) in [5, 5.41) is 14.5. The van der Waals surface area contributed by atoms with Gasteiger partial charge in [-0.15, -0.1) is 11.8 Å². The number of nitrogens with one attached hydrogen (secondary N) is 1. The van der Waals surface area contributed by atoms with Gasteiger partial charge in [0.2, 0.25) is 0 Å². The van der Waals surface area contributed by atoms with E-state index >= 15 is 0 Å². The van der Waals surface area contributed by atoms with E-state index in [1.807, 2.05) is 49.4 Å². The van der Waals surface area contributed by atoms with Crippen LogP contribution in [0.3, 0.4) is 0 Å². The summed E-state index contributed by atoms with van der Waals surface area (Å²) >= 11 is 1.49. The minimum absolute atomic E-state index is 0.173. The second-order valence-corrected chi connectivity index (χ2v) is 5.63. The fraction of sp³-hybridized carbons (Fsp3) is 0.250. The number of nitrogens with zero attached hydrogens (tertiary/aromatic N) is 1. The topological polar surface area (TPSA) is 55.2 Å². The van der Waals surface area contributed by atoms with Gasteiger partial charge >= 0.3 is 5.69 Å². The Morgan fingerprint density at radius 2 is 1.90 bits per heavy atom. The molecular formula is C16H18N2O2S. The quantitative estimate of drug-likeness (QED) is 0.457. The number of hydrogen-bond donors (Lipinski definition) is 1. The first-order valence-corrected chi connectivity index (χ1v) is 7.89. The van der Waals surface area contributed by atoms with Crippen LogP contribution in [0.5, 0.6) is 0 Å². The fourth-order valence-electron chi connectivity index (χ4n) is 1.96. The van der Waals surface area contributed by atoms with Gasteiger partial charge in [0.15, 0.2) is 0 Å². The van der Waals surface area contributed by atoms with Crippen LogP contribution in [0.15, 0.2) is 53.4 Å². The lowest BCUT2D eigenvalue weighted by Gasteiger charge is -2.09. The molecule has 0 aliphatic heterocycles. The maximum absolute atomic E-state index is 11.4. The molecule has 0 bridgehead atoms. The zero-order chi connectivity index (χ0) is 15.1. The summed E-state index contributed by atoms with van der Waals surface area (Å²) in [6, 6.07) is 15.4. The molecule has 0 aliphatic rings. The minimum Gasteiger partial charge on any atom is -0.379 e. The third kappa shape index (κ3) is 4.23. The molecule has 0 atom stereocenters. The van der Waals surface area contributed by atoms with E-state index in [0.29, 0.717) is 10.6 Å². The SMILES string of the molecule is CCCNc1cccc(SCc2ccccc2)c1[N+](=O)[O-]. The number of para-hydroxylation sites is 1. The first kappa shape index (κ1) is 15.4. The lowest BCUT2D eigenvalue weighted by molar-refractivity contribution is -0.386. The average molecular weight is 302 g/mol. The van der Waals surface area contributed by atoms with Crippen LogP contribution in [0.4, 0.5) is 11.4 Å². The van der Waals surface area contributed by atoms with Gasteiger partial charge in [0.25, 0.3) is 0 Å². The van der Waals surface area contributed by atoms with Gasteiger partial charge in [0.05, 0.1) is 9.82 Å². The summed E-state index contributed by atoms with van der Waals surface area (Å²) in [6.45, 7) is 2.76. The molecule has 0 saturated heterocycles. The summed E-state index contributed by atoms with van der Waals surface area (Å²) in [5.41, 5.74) is 1.93. The zero-order valence-corrected chi connectivity index (χ0v) is 12.7. The summed E-state index contributed by atoms with van der Waals surface area (Å²) in [5.74, 6) is 0.721. The van der Waals surface area contributed by atoms with Gasteiger partial charge in [-0.2, -0.15) is 0 Å². The molecule has 2 aromatic carbocycles. The van der Waals surface area contributed by atoms with Gasteiger partial charge in [-0.25, -0.2) is 0 Å². The maximum Gasteiger partial charge on any atom is 0.305 e. The van der Waals surface area contributed by atoms with E-state index in [4.69, 9.17) is 0 Å². The van der Waals surface area contributed by atoms with E-state index in [0.717, 1.165) is 24.3 Å². The first-order chi connectivity index (χ1) is 10.2. The number of rotatable bonds is 7. The largest absolute Gasteiger partial charge is 0.379 e. The summed E-state index contributed by atoms with van der Waals surface area (Å²) in [6.07, 6.45) is 0.929. The Bertz CT molecular complexity index is 602. The standard InChI is InChI=1S/C16H18N2O2S/c1-2-11-17-14-9-6-10-15(16(14)18(19)20)21-12-13-7-4-3-5-8-13/h3-10,17H,2,11-12H2,1H3. The Morgan fingerprint density at radius 3 is 2.57 bits per heavy atom. The highest BCUT2D eigenvalue weighted by Gasteiger charge is 2.19. The highest BCUT2D eigenvalue weighted by atomic mass is 32.2. The Balaban J connectivity index is 2.20. The molecule has 0 aromatic heterocycles. The molecule has 0 unspecified atom stereocenters.